The maximum absolute atomic E-state index is 12.2. The van der Waals surface area contributed by atoms with E-state index >= 15 is 0 Å². The Morgan fingerprint density at radius 3 is 2.83 bits per heavy atom. The van der Waals surface area contributed by atoms with Gasteiger partial charge in [-0.2, -0.15) is 0 Å². The Labute approximate surface area is 138 Å². The molecule has 3 rings (SSSR count). The van der Waals surface area contributed by atoms with Crippen molar-refractivity contribution in [1.82, 2.24) is 10.3 Å². The van der Waals surface area contributed by atoms with Crippen molar-refractivity contribution in [2.45, 2.75) is 57.9 Å². The molecule has 0 atom stereocenters. The maximum atomic E-state index is 12.2. The number of hydrogen-bond donors (Lipinski definition) is 3. The molecule has 0 radical (unpaired) electrons. The van der Waals surface area contributed by atoms with E-state index in [1.165, 1.54) is 32.1 Å². The number of carbonyl (C=O) groups is 1. The molecule has 2 aromatic rings. The molecule has 2 amide bonds. The van der Waals surface area contributed by atoms with Gasteiger partial charge in [0.2, 0.25) is 0 Å². The number of fused-ring (bicyclic) bond motifs is 1. The van der Waals surface area contributed by atoms with Crippen LogP contribution in [0.5, 0.6) is 0 Å². The van der Waals surface area contributed by atoms with Gasteiger partial charge in [-0.15, -0.1) is 0 Å². The number of urea groups is 1. The number of anilines is 1. The number of amides is 2. The van der Waals surface area contributed by atoms with Crippen LogP contribution in [-0.2, 0) is 0 Å². The highest BCUT2D eigenvalue weighted by molar-refractivity contribution is 5.92. The Hall–Kier alpha value is -1.97. The zero-order chi connectivity index (χ0) is 16.1. The van der Waals surface area contributed by atoms with Crippen LogP contribution in [-0.4, -0.2) is 17.1 Å². The van der Waals surface area contributed by atoms with Gasteiger partial charge in [-0.25, -0.2) is 4.79 Å². The molecule has 0 spiro atoms. The molecule has 1 heterocycles. The summed E-state index contributed by atoms with van der Waals surface area (Å²) >= 11 is 0. The van der Waals surface area contributed by atoms with Crippen LogP contribution in [0.25, 0.3) is 10.9 Å². The first-order valence-electron chi connectivity index (χ1n) is 8.89. The number of aromatic nitrogens is 1. The van der Waals surface area contributed by atoms with Crippen molar-refractivity contribution in [2.24, 2.45) is 5.92 Å². The number of nitrogens with one attached hydrogen (secondary N) is 3. The highest BCUT2D eigenvalue weighted by Crippen LogP contribution is 2.28. The summed E-state index contributed by atoms with van der Waals surface area (Å²) in [4.78, 5) is 15.3. The number of rotatable bonds is 5. The van der Waals surface area contributed by atoms with Crippen LogP contribution in [0.15, 0.2) is 30.5 Å². The van der Waals surface area contributed by atoms with Crippen LogP contribution < -0.4 is 10.6 Å². The van der Waals surface area contributed by atoms with E-state index < -0.39 is 0 Å². The van der Waals surface area contributed by atoms with Crippen molar-refractivity contribution in [1.29, 1.82) is 0 Å². The number of H-pyrrole nitrogens is 1. The van der Waals surface area contributed by atoms with Gasteiger partial charge in [-0.3, -0.25) is 0 Å². The predicted molar refractivity (Wildman–Crippen MR) is 95.7 cm³/mol. The zero-order valence-electron chi connectivity index (χ0n) is 13.9. The first-order chi connectivity index (χ1) is 11.2. The summed E-state index contributed by atoms with van der Waals surface area (Å²) in [6, 6.07) is 8.16. The second-order valence-electron chi connectivity index (χ2n) is 6.74. The largest absolute Gasteiger partial charge is 0.361 e. The molecule has 23 heavy (non-hydrogen) atoms. The number of benzene rings is 1. The fraction of sp³-hybridized carbons (Fsp3) is 0.526. The predicted octanol–water partition coefficient (Wildman–Crippen LogP) is 5.04. The molecule has 4 nitrogen and oxygen atoms in total. The van der Waals surface area contributed by atoms with E-state index in [4.69, 9.17) is 0 Å². The maximum Gasteiger partial charge on any atom is 0.319 e. The zero-order valence-corrected chi connectivity index (χ0v) is 13.9. The molecular weight excluding hydrogens is 286 g/mol. The molecule has 1 fully saturated rings. The van der Waals surface area contributed by atoms with E-state index in [-0.39, 0.29) is 6.03 Å². The van der Waals surface area contributed by atoms with Gasteiger partial charge in [0.15, 0.2) is 0 Å². The third-order valence-electron chi connectivity index (χ3n) is 4.96. The van der Waals surface area contributed by atoms with Crippen molar-refractivity contribution in [3.8, 4) is 0 Å². The molecule has 0 unspecified atom stereocenters. The van der Waals surface area contributed by atoms with Crippen LogP contribution in [0.2, 0.25) is 0 Å². The first kappa shape index (κ1) is 15.9. The second-order valence-corrected chi connectivity index (χ2v) is 6.74. The molecule has 124 valence electrons. The van der Waals surface area contributed by atoms with Gasteiger partial charge < -0.3 is 15.6 Å². The second kappa shape index (κ2) is 7.53. The third-order valence-corrected chi connectivity index (χ3v) is 4.96. The van der Waals surface area contributed by atoms with E-state index in [0.29, 0.717) is 6.04 Å². The smallest absolute Gasteiger partial charge is 0.319 e. The summed E-state index contributed by atoms with van der Waals surface area (Å²) in [5.41, 5.74) is 1.92. The van der Waals surface area contributed by atoms with E-state index in [2.05, 4.69) is 22.5 Å². The lowest BCUT2D eigenvalue weighted by Crippen LogP contribution is -2.40. The summed E-state index contributed by atoms with van der Waals surface area (Å²) in [7, 11) is 0. The lowest BCUT2D eigenvalue weighted by atomic mass is 9.83. The van der Waals surface area contributed by atoms with E-state index in [1.807, 2.05) is 30.5 Å². The normalized spacial score (nSPS) is 21.3. The Balaban J connectivity index is 1.46. The summed E-state index contributed by atoms with van der Waals surface area (Å²) in [5.74, 6) is 0.868. The molecule has 1 aliphatic carbocycles. The fourth-order valence-corrected chi connectivity index (χ4v) is 3.57. The van der Waals surface area contributed by atoms with E-state index in [1.54, 1.807) is 0 Å². The fourth-order valence-electron chi connectivity index (χ4n) is 3.57. The summed E-state index contributed by atoms with van der Waals surface area (Å²) in [6.07, 6.45) is 10.6. The highest BCUT2D eigenvalue weighted by Gasteiger charge is 2.21. The molecule has 1 aromatic carbocycles. The molecule has 0 saturated heterocycles. The van der Waals surface area contributed by atoms with Crippen LogP contribution >= 0.6 is 0 Å². The molecular formula is C19H27N3O. The van der Waals surface area contributed by atoms with Crippen LogP contribution in [0.1, 0.15) is 51.9 Å². The standard InChI is InChI=1S/C19H27N3O/c1-2-3-4-14-5-7-16(8-6-14)21-19(23)22-17-9-10-18-15(13-17)11-12-20-18/h9-14,16,20H,2-8H2,1H3,(H2,21,22,23). The molecule has 1 aromatic heterocycles. The summed E-state index contributed by atoms with van der Waals surface area (Å²) in [6.45, 7) is 2.25. The average molecular weight is 313 g/mol. The Kier molecular flexibility index (Phi) is 5.21. The van der Waals surface area contributed by atoms with Gasteiger partial charge in [0.25, 0.3) is 0 Å². The monoisotopic (exact) mass is 313 g/mol. The lowest BCUT2D eigenvalue weighted by molar-refractivity contribution is 0.235. The van der Waals surface area contributed by atoms with E-state index in [9.17, 15) is 4.79 Å². The van der Waals surface area contributed by atoms with Crippen molar-refractivity contribution < 1.29 is 4.79 Å². The molecule has 3 N–H and O–H groups in total. The van der Waals surface area contributed by atoms with Gasteiger partial charge >= 0.3 is 6.03 Å². The SMILES string of the molecule is CCCCC1CCC(NC(=O)Nc2ccc3[nH]ccc3c2)CC1. The first-order valence-corrected chi connectivity index (χ1v) is 8.89. The number of unbranched alkanes of at least 4 members (excludes halogenated alkanes) is 1. The topological polar surface area (TPSA) is 56.9 Å². The van der Waals surface area contributed by atoms with Crippen LogP contribution in [0.3, 0.4) is 0 Å². The van der Waals surface area contributed by atoms with Crippen molar-refractivity contribution in [2.75, 3.05) is 5.32 Å². The quantitative estimate of drug-likeness (QED) is 0.711. The minimum Gasteiger partial charge on any atom is -0.361 e. The number of carbonyl (C=O) groups excluding carboxylic acids is 1. The lowest BCUT2D eigenvalue weighted by Gasteiger charge is -2.29. The van der Waals surface area contributed by atoms with E-state index in [0.717, 1.165) is 35.3 Å². The highest BCUT2D eigenvalue weighted by atomic mass is 16.2. The molecule has 1 saturated carbocycles. The van der Waals surface area contributed by atoms with Gasteiger partial charge in [-0.05, 0) is 55.9 Å². The Morgan fingerprint density at radius 1 is 1.22 bits per heavy atom. The van der Waals surface area contributed by atoms with Gasteiger partial charge in [0.05, 0.1) is 0 Å². The minimum atomic E-state index is -0.0862. The molecule has 0 aliphatic heterocycles. The summed E-state index contributed by atoms with van der Waals surface area (Å²) in [5, 5.41) is 7.19. The van der Waals surface area contributed by atoms with Crippen molar-refractivity contribution in [3.63, 3.8) is 0 Å². The van der Waals surface area contributed by atoms with Crippen LogP contribution in [0.4, 0.5) is 10.5 Å². The molecule has 0 bridgehead atoms. The van der Waals surface area contributed by atoms with Crippen LogP contribution in [0, 0.1) is 5.92 Å². The number of hydrogen-bond acceptors (Lipinski definition) is 1. The molecule has 1 aliphatic rings. The van der Waals surface area contributed by atoms with Gasteiger partial charge in [0.1, 0.15) is 0 Å². The average Bonchev–Trinajstić information content (AvgIpc) is 3.02. The van der Waals surface area contributed by atoms with Crippen molar-refractivity contribution >= 4 is 22.6 Å². The van der Waals surface area contributed by atoms with Crippen molar-refractivity contribution in [3.05, 3.63) is 30.5 Å². The third kappa shape index (κ3) is 4.27. The Bertz CT molecular complexity index is 641. The minimum absolute atomic E-state index is 0.0862. The van der Waals surface area contributed by atoms with Gasteiger partial charge in [0, 0.05) is 28.8 Å². The van der Waals surface area contributed by atoms with Gasteiger partial charge in [-0.1, -0.05) is 26.2 Å². The molecule has 4 heteroatoms. The Morgan fingerprint density at radius 2 is 2.04 bits per heavy atom. The summed E-state index contributed by atoms with van der Waals surface area (Å²) < 4.78 is 0. The number of aromatic amines is 1.